The Morgan fingerprint density at radius 3 is 2.83 bits per heavy atom. The van der Waals surface area contributed by atoms with Crippen molar-refractivity contribution in [3.63, 3.8) is 0 Å². The molecule has 0 aliphatic carbocycles. The first-order chi connectivity index (χ1) is 14.6. The Kier molecular flexibility index (Phi) is 5.18. The van der Waals surface area contributed by atoms with Crippen molar-refractivity contribution in [3.05, 3.63) is 71.0 Å². The molecule has 4 N–H and O–H groups in total. The molecule has 0 aliphatic heterocycles. The number of carbonyl (C=O) groups excluding carboxylic acids is 1. The van der Waals surface area contributed by atoms with Crippen LogP contribution in [0.5, 0.6) is 0 Å². The number of nitrogens with one attached hydrogen (secondary N) is 2. The molecule has 150 valence electrons. The Morgan fingerprint density at radius 2 is 2.07 bits per heavy atom. The maximum Gasteiger partial charge on any atom is 0.272 e. The van der Waals surface area contributed by atoms with Crippen molar-refractivity contribution < 1.29 is 4.79 Å². The van der Waals surface area contributed by atoms with Crippen molar-refractivity contribution in [2.45, 2.75) is 19.8 Å². The van der Waals surface area contributed by atoms with E-state index in [1.807, 2.05) is 55.5 Å². The molecular weight excluding hydrogens is 378 g/mol. The molecule has 0 atom stereocenters. The molecule has 1 amide bonds. The molecule has 2 aromatic heterocycles. The smallest absolute Gasteiger partial charge is 0.272 e. The normalized spacial score (nSPS) is 10.8. The number of aryl methyl sites for hydroxylation is 2. The number of para-hydroxylation sites is 1. The van der Waals surface area contributed by atoms with Crippen LogP contribution in [0.25, 0.3) is 16.6 Å². The van der Waals surface area contributed by atoms with Crippen molar-refractivity contribution in [2.24, 2.45) is 0 Å². The lowest BCUT2D eigenvalue weighted by molar-refractivity contribution is 0.0950. The van der Waals surface area contributed by atoms with Crippen LogP contribution in [0, 0.1) is 18.3 Å². The number of aromatic nitrogens is 4. The number of anilines is 1. The summed E-state index contributed by atoms with van der Waals surface area (Å²) < 4.78 is 1.57. The summed E-state index contributed by atoms with van der Waals surface area (Å²) in [6, 6.07) is 17.4. The van der Waals surface area contributed by atoms with Gasteiger partial charge in [0.25, 0.3) is 5.91 Å². The van der Waals surface area contributed by atoms with Crippen molar-refractivity contribution in [1.29, 1.82) is 5.26 Å². The SMILES string of the molecule is Cc1ccc2[nH]nc(C(=O)NCCCc3nn(-c4ccccc4)c(N)c3C#N)c2c1. The number of H-pyrrole nitrogens is 1. The molecule has 8 heteroatoms. The van der Waals surface area contributed by atoms with E-state index in [0.717, 1.165) is 22.2 Å². The number of hydrogen-bond acceptors (Lipinski definition) is 5. The van der Waals surface area contributed by atoms with E-state index in [2.05, 4.69) is 26.7 Å². The van der Waals surface area contributed by atoms with Crippen LogP contribution in [0.1, 0.15) is 33.7 Å². The van der Waals surface area contributed by atoms with Gasteiger partial charge in [0.2, 0.25) is 0 Å². The highest BCUT2D eigenvalue weighted by molar-refractivity contribution is 6.04. The summed E-state index contributed by atoms with van der Waals surface area (Å²) >= 11 is 0. The van der Waals surface area contributed by atoms with Gasteiger partial charge >= 0.3 is 0 Å². The molecule has 0 fully saturated rings. The monoisotopic (exact) mass is 399 g/mol. The third-order valence-corrected chi connectivity index (χ3v) is 4.92. The highest BCUT2D eigenvalue weighted by Crippen LogP contribution is 2.21. The lowest BCUT2D eigenvalue weighted by Gasteiger charge is -2.03. The number of benzene rings is 2. The van der Waals surface area contributed by atoms with Gasteiger partial charge in [-0.05, 0) is 44.0 Å². The summed E-state index contributed by atoms with van der Waals surface area (Å²) in [5.41, 5.74) is 10.2. The van der Waals surface area contributed by atoms with Crippen molar-refractivity contribution in [3.8, 4) is 11.8 Å². The summed E-state index contributed by atoms with van der Waals surface area (Å²) in [5.74, 6) is 0.0859. The van der Waals surface area contributed by atoms with Crippen molar-refractivity contribution >= 4 is 22.6 Å². The van der Waals surface area contributed by atoms with Crippen LogP contribution in [0.4, 0.5) is 5.82 Å². The van der Waals surface area contributed by atoms with Crippen LogP contribution in [0.3, 0.4) is 0 Å². The van der Waals surface area contributed by atoms with Crippen molar-refractivity contribution in [2.75, 3.05) is 12.3 Å². The van der Waals surface area contributed by atoms with E-state index in [1.54, 1.807) is 4.68 Å². The third kappa shape index (κ3) is 3.61. The minimum atomic E-state index is -0.235. The zero-order valence-corrected chi connectivity index (χ0v) is 16.5. The van der Waals surface area contributed by atoms with Gasteiger partial charge in [0.1, 0.15) is 17.5 Å². The first kappa shape index (κ1) is 19.2. The number of nitriles is 1. The molecule has 0 bridgehead atoms. The maximum absolute atomic E-state index is 12.5. The number of nitrogen functional groups attached to an aromatic ring is 1. The van der Waals surface area contributed by atoms with E-state index in [4.69, 9.17) is 5.73 Å². The van der Waals surface area contributed by atoms with E-state index in [-0.39, 0.29) is 5.91 Å². The van der Waals surface area contributed by atoms with E-state index in [0.29, 0.717) is 42.2 Å². The van der Waals surface area contributed by atoms with Gasteiger partial charge in [0.05, 0.1) is 16.9 Å². The number of fused-ring (bicyclic) bond motifs is 1. The lowest BCUT2D eigenvalue weighted by atomic mass is 10.1. The first-order valence-corrected chi connectivity index (χ1v) is 9.64. The van der Waals surface area contributed by atoms with Crippen LogP contribution in [-0.2, 0) is 6.42 Å². The summed E-state index contributed by atoms with van der Waals surface area (Å²) in [4.78, 5) is 12.5. The van der Waals surface area contributed by atoms with Gasteiger partial charge in [-0.2, -0.15) is 15.5 Å². The lowest BCUT2D eigenvalue weighted by Crippen LogP contribution is -2.25. The Morgan fingerprint density at radius 1 is 1.27 bits per heavy atom. The molecule has 2 heterocycles. The molecule has 0 saturated carbocycles. The summed E-state index contributed by atoms with van der Waals surface area (Å²) in [6.45, 7) is 2.41. The molecular formula is C22H21N7O. The number of amides is 1. The molecule has 0 radical (unpaired) electrons. The zero-order valence-electron chi connectivity index (χ0n) is 16.5. The summed E-state index contributed by atoms with van der Waals surface area (Å²) in [5, 5.41) is 24.7. The minimum absolute atomic E-state index is 0.235. The second-order valence-electron chi connectivity index (χ2n) is 7.05. The largest absolute Gasteiger partial charge is 0.382 e. The highest BCUT2D eigenvalue weighted by atomic mass is 16.1. The van der Waals surface area contributed by atoms with Gasteiger partial charge in [-0.15, -0.1) is 0 Å². The second kappa shape index (κ2) is 8.09. The van der Waals surface area contributed by atoms with Crippen LogP contribution in [0.15, 0.2) is 48.5 Å². The zero-order chi connectivity index (χ0) is 21.1. The Balaban J connectivity index is 1.41. The maximum atomic E-state index is 12.5. The fourth-order valence-electron chi connectivity index (χ4n) is 3.38. The summed E-state index contributed by atoms with van der Waals surface area (Å²) in [6.07, 6.45) is 1.14. The first-order valence-electron chi connectivity index (χ1n) is 9.64. The van der Waals surface area contributed by atoms with Gasteiger partial charge in [-0.1, -0.05) is 29.8 Å². The van der Waals surface area contributed by atoms with E-state index in [1.165, 1.54) is 0 Å². The van der Waals surface area contributed by atoms with Crippen molar-refractivity contribution in [1.82, 2.24) is 25.3 Å². The molecule has 0 spiro atoms. The predicted octanol–water partition coefficient (Wildman–Crippen LogP) is 2.87. The highest BCUT2D eigenvalue weighted by Gasteiger charge is 2.17. The van der Waals surface area contributed by atoms with Crippen LogP contribution < -0.4 is 11.1 Å². The average Bonchev–Trinajstić information content (AvgIpc) is 3.32. The number of nitrogens with two attached hydrogens (primary N) is 1. The van der Waals surface area contributed by atoms with Crippen LogP contribution in [0.2, 0.25) is 0 Å². The minimum Gasteiger partial charge on any atom is -0.382 e. The number of hydrogen-bond donors (Lipinski definition) is 3. The molecule has 0 unspecified atom stereocenters. The molecule has 4 rings (SSSR count). The molecule has 2 aromatic carbocycles. The van der Waals surface area contributed by atoms with E-state index in [9.17, 15) is 10.1 Å². The molecule has 0 aliphatic rings. The standard InChI is InChI=1S/C22H21N7O/c1-14-9-10-18-16(12-14)20(27-26-18)22(30)25-11-5-8-19-17(13-23)21(24)29(28-19)15-6-3-2-4-7-15/h2-4,6-7,9-10,12H,5,8,11,24H2,1H3,(H,25,30)(H,26,27). The Labute approximate surface area is 173 Å². The fraction of sp³-hybridized carbons (Fsp3) is 0.182. The predicted molar refractivity (Wildman–Crippen MR) is 114 cm³/mol. The van der Waals surface area contributed by atoms with E-state index < -0.39 is 0 Å². The quantitative estimate of drug-likeness (QED) is 0.430. The Hall–Kier alpha value is -4.12. The van der Waals surface area contributed by atoms with Crippen LogP contribution >= 0.6 is 0 Å². The Bertz CT molecular complexity index is 1250. The number of carbonyl (C=O) groups is 1. The van der Waals surface area contributed by atoms with Gasteiger partial charge in [-0.3, -0.25) is 9.89 Å². The molecule has 0 saturated heterocycles. The topological polar surface area (TPSA) is 125 Å². The fourth-order valence-corrected chi connectivity index (χ4v) is 3.38. The van der Waals surface area contributed by atoms with Gasteiger partial charge in [-0.25, -0.2) is 4.68 Å². The van der Waals surface area contributed by atoms with Gasteiger partial charge in [0, 0.05) is 11.9 Å². The van der Waals surface area contributed by atoms with Gasteiger partial charge in [0.15, 0.2) is 5.69 Å². The second-order valence-corrected chi connectivity index (χ2v) is 7.05. The molecule has 4 aromatic rings. The molecule has 30 heavy (non-hydrogen) atoms. The summed E-state index contributed by atoms with van der Waals surface area (Å²) in [7, 11) is 0. The molecule has 8 nitrogen and oxygen atoms in total. The third-order valence-electron chi connectivity index (χ3n) is 4.92. The number of aromatic amines is 1. The van der Waals surface area contributed by atoms with E-state index >= 15 is 0 Å². The average molecular weight is 399 g/mol. The number of rotatable bonds is 6. The van der Waals surface area contributed by atoms with Gasteiger partial charge < -0.3 is 11.1 Å². The van der Waals surface area contributed by atoms with Crippen LogP contribution in [-0.4, -0.2) is 32.4 Å². The number of nitrogens with zero attached hydrogens (tertiary/aromatic N) is 4.